The standard InChI is InChI=1S/C15H16BrN3O/c16-13-4-1-3-12(11-13)15(20)18-9-5-14(6-10-18)19-8-2-7-17-19/h1-4,7-8,11,14H,5-6,9-10H2. The molecule has 1 aliphatic rings. The lowest BCUT2D eigenvalue weighted by molar-refractivity contribution is 0.0690. The number of piperidine rings is 1. The van der Waals surface area contributed by atoms with Gasteiger partial charge in [0.25, 0.3) is 5.91 Å². The molecule has 5 heteroatoms. The number of carbonyl (C=O) groups is 1. The van der Waals surface area contributed by atoms with Crippen LogP contribution in [0.5, 0.6) is 0 Å². The van der Waals surface area contributed by atoms with E-state index in [1.165, 1.54) is 0 Å². The van der Waals surface area contributed by atoms with Crippen molar-refractivity contribution in [2.45, 2.75) is 18.9 Å². The van der Waals surface area contributed by atoms with Gasteiger partial charge >= 0.3 is 0 Å². The summed E-state index contributed by atoms with van der Waals surface area (Å²) in [5, 5.41) is 4.29. The molecule has 3 rings (SSSR count). The molecule has 0 radical (unpaired) electrons. The Kier molecular flexibility index (Phi) is 3.87. The lowest BCUT2D eigenvalue weighted by Crippen LogP contribution is -2.39. The third-order valence-corrected chi connectivity index (χ3v) is 4.22. The summed E-state index contributed by atoms with van der Waals surface area (Å²) in [7, 11) is 0. The summed E-state index contributed by atoms with van der Waals surface area (Å²) in [4.78, 5) is 14.4. The van der Waals surface area contributed by atoms with Gasteiger partial charge in [-0.25, -0.2) is 0 Å². The average molecular weight is 334 g/mol. The molecule has 0 N–H and O–H groups in total. The number of likely N-dealkylation sites (tertiary alicyclic amines) is 1. The van der Waals surface area contributed by atoms with Crippen LogP contribution in [0.4, 0.5) is 0 Å². The van der Waals surface area contributed by atoms with E-state index >= 15 is 0 Å². The summed E-state index contributed by atoms with van der Waals surface area (Å²) < 4.78 is 2.94. The number of nitrogens with zero attached hydrogens (tertiary/aromatic N) is 3. The number of hydrogen-bond donors (Lipinski definition) is 0. The molecule has 1 aliphatic heterocycles. The van der Waals surface area contributed by atoms with Gasteiger partial charge in [0.15, 0.2) is 0 Å². The van der Waals surface area contributed by atoms with Gasteiger partial charge in [0.05, 0.1) is 6.04 Å². The predicted molar refractivity (Wildman–Crippen MR) is 80.5 cm³/mol. The minimum Gasteiger partial charge on any atom is -0.338 e. The number of hydrogen-bond acceptors (Lipinski definition) is 2. The molecule has 2 aromatic rings. The van der Waals surface area contributed by atoms with E-state index in [0.717, 1.165) is 36.0 Å². The maximum atomic E-state index is 12.4. The normalized spacial score (nSPS) is 16.4. The van der Waals surface area contributed by atoms with Gasteiger partial charge in [0.2, 0.25) is 0 Å². The lowest BCUT2D eigenvalue weighted by Gasteiger charge is -2.32. The minimum atomic E-state index is 0.116. The van der Waals surface area contributed by atoms with Crippen molar-refractivity contribution in [3.8, 4) is 0 Å². The van der Waals surface area contributed by atoms with Crippen LogP contribution < -0.4 is 0 Å². The Bertz CT molecular complexity index is 589. The van der Waals surface area contributed by atoms with Crippen LogP contribution in [0, 0.1) is 0 Å². The van der Waals surface area contributed by atoms with Crippen molar-refractivity contribution >= 4 is 21.8 Å². The highest BCUT2D eigenvalue weighted by molar-refractivity contribution is 9.10. The molecular weight excluding hydrogens is 318 g/mol. The van der Waals surface area contributed by atoms with Crippen molar-refractivity contribution in [1.29, 1.82) is 0 Å². The number of aromatic nitrogens is 2. The minimum absolute atomic E-state index is 0.116. The summed E-state index contributed by atoms with van der Waals surface area (Å²) in [6, 6.07) is 9.93. The fraction of sp³-hybridized carbons (Fsp3) is 0.333. The van der Waals surface area contributed by atoms with Crippen LogP contribution in [0.25, 0.3) is 0 Å². The van der Waals surface area contributed by atoms with Crippen molar-refractivity contribution in [3.05, 3.63) is 52.8 Å². The molecule has 1 aromatic heterocycles. The van der Waals surface area contributed by atoms with Crippen molar-refractivity contribution in [1.82, 2.24) is 14.7 Å². The van der Waals surface area contributed by atoms with E-state index in [0.29, 0.717) is 6.04 Å². The summed E-state index contributed by atoms with van der Waals surface area (Å²) in [5.41, 5.74) is 0.747. The summed E-state index contributed by atoms with van der Waals surface area (Å²) >= 11 is 3.41. The Labute approximate surface area is 126 Å². The molecule has 0 bridgehead atoms. The number of benzene rings is 1. The Morgan fingerprint density at radius 2 is 2.05 bits per heavy atom. The van der Waals surface area contributed by atoms with Gasteiger partial charge in [-0.05, 0) is 37.1 Å². The van der Waals surface area contributed by atoms with Crippen molar-refractivity contribution in [2.24, 2.45) is 0 Å². The largest absolute Gasteiger partial charge is 0.338 e. The summed E-state index contributed by atoms with van der Waals surface area (Å²) in [5.74, 6) is 0.116. The van der Waals surface area contributed by atoms with Crippen molar-refractivity contribution < 1.29 is 4.79 Å². The van der Waals surface area contributed by atoms with Gasteiger partial charge in [-0.1, -0.05) is 22.0 Å². The van der Waals surface area contributed by atoms with Gasteiger partial charge in [-0.15, -0.1) is 0 Å². The van der Waals surface area contributed by atoms with Crippen LogP contribution in [-0.2, 0) is 0 Å². The van der Waals surface area contributed by atoms with Crippen LogP contribution in [0.3, 0.4) is 0 Å². The Hall–Kier alpha value is -1.62. The van der Waals surface area contributed by atoms with Crippen molar-refractivity contribution in [3.63, 3.8) is 0 Å². The molecule has 0 unspecified atom stereocenters. The smallest absolute Gasteiger partial charge is 0.253 e. The molecule has 1 saturated heterocycles. The van der Waals surface area contributed by atoms with E-state index in [9.17, 15) is 4.79 Å². The molecule has 1 amide bonds. The second kappa shape index (κ2) is 5.79. The summed E-state index contributed by atoms with van der Waals surface area (Å²) in [6.45, 7) is 1.58. The fourth-order valence-electron chi connectivity index (χ4n) is 2.63. The maximum Gasteiger partial charge on any atom is 0.253 e. The molecule has 0 aliphatic carbocycles. The Balaban J connectivity index is 1.65. The monoisotopic (exact) mass is 333 g/mol. The van der Waals surface area contributed by atoms with Crippen LogP contribution in [-0.4, -0.2) is 33.7 Å². The zero-order valence-electron chi connectivity index (χ0n) is 11.1. The molecule has 0 spiro atoms. The number of carbonyl (C=O) groups excluding carboxylic acids is 1. The Morgan fingerprint density at radius 3 is 2.70 bits per heavy atom. The van der Waals surface area contributed by atoms with Gasteiger partial charge in [0, 0.05) is 35.5 Å². The maximum absolute atomic E-state index is 12.4. The highest BCUT2D eigenvalue weighted by Gasteiger charge is 2.24. The SMILES string of the molecule is O=C(c1cccc(Br)c1)N1CCC(n2cccn2)CC1. The summed E-state index contributed by atoms with van der Waals surface area (Å²) in [6.07, 6.45) is 5.72. The molecule has 0 atom stereocenters. The number of rotatable bonds is 2. The molecular formula is C15H16BrN3O. The molecule has 20 heavy (non-hydrogen) atoms. The van der Waals surface area contributed by atoms with E-state index in [1.807, 2.05) is 46.1 Å². The molecule has 0 saturated carbocycles. The topological polar surface area (TPSA) is 38.1 Å². The Morgan fingerprint density at radius 1 is 1.25 bits per heavy atom. The lowest BCUT2D eigenvalue weighted by atomic mass is 10.0. The molecule has 104 valence electrons. The van der Waals surface area contributed by atoms with Gasteiger partial charge < -0.3 is 4.90 Å². The zero-order chi connectivity index (χ0) is 13.9. The first-order valence-electron chi connectivity index (χ1n) is 6.78. The molecule has 4 nitrogen and oxygen atoms in total. The first-order chi connectivity index (χ1) is 9.74. The van der Waals surface area contributed by atoms with Crippen LogP contribution >= 0.6 is 15.9 Å². The van der Waals surface area contributed by atoms with Crippen LogP contribution in [0.2, 0.25) is 0 Å². The van der Waals surface area contributed by atoms with Crippen LogP contribution in [0.1, 0.15) is 29.2 Å². The fourth-order valence-corrected chi connectivity index (χ4v) is 3.03. The second-order valence-electron chi connectivity index (χ2n) is 5.02. The van der Waals surface area contributed by atoms with E-state index < -0.39 is 0 Å². The molecule has 1 fully saturated rings. The van der Waals surface area contributed by atoms with E-state index in [4.69, 9.17) is 0 Å². The van der Waals surface area contributed by atoms with Crippen LogP contribution in [0.15, 0.2) is 47.2 Å². The zero-order valence-corrected chi connectivity index (χ0v) is 12.7. The first kappa shape index (κ1) is 13.4. The third-order valence-electron chi connectivity index (χ3n) is 3.72. The molecule has 1 aromatic carbocycles. The highest BCUT2D eigenvalue weighted by Crippen LogP contribution is 2.23. The highest BCUT2D eigenvalue weighted by atomic mass is 79.9. The van der Waals surface area contributed by atoms with Gasteiger partial charge in [-0.2, -0.15) is 5.10 Å². The van der Waals surface area contributed by atoms with E-state index in [-0.39, 0.29) is 5.91 Å². The number of halogens is 1. The van der Waals surface area contributed by atoms with Gasteiger partial charge in [-0.3, -0.25) is 9.48 Å². The average Bonchev–Trinajstić information content (AvgIpc) is 3.01. The third kappa shape index (κ3) is 2.77. The van der Waals surface area contributed by atoms with E-state index in [2.05, 4.69) is 21.0 Å². The van der Waals surface area contributed by atoms with E-state index in [1.54, 1.807) is 6.20 Å². The molecule has 2 heterocycles. The predicted octanol–water partition coefficient (Wildman–Crippen LogP) is 3.12. The van der Waals surface area contributed by atoms with Crippen molar-refractivity contribution in [2.75, 3.05) is 13.1 Å². The van der Waals surface area contributed by atoms with Gasteiger partial charge in [0.1, 0.15) is 0 Å². The quantitative estimate of drug-likeness (QED) is 0.846. The first-order valence-corrected chi connectivity index (χ1v) is 7.57. The number of amides is 1. The second-order valence-corrected chi connectivity index (χ2v) is 5.94.